The summed E-state index contributed by atoms with van der Waals surface area (Å²) in [6.07, 6.45) is 5.75. The molecule has 142 valence electrons. The number of nitrogens with zero attached hydrogens (tertiary/aromatic N) is 3. The van der Waals surface area contributed by atoms with Gasteiger partial charge in [0.05, 0.1) is 11.7 Å². The molecule has 0 saturated carbocycles. The van der Waals surface area contributed by atoms with Gasteiger partial charge in [0.25, 0.3) is 11.5 Å². The first-order chi connectivity index (χ1) is 13.5. The molecule has 1 amide bonds. The van der Waals surface area contributed by atoms with E-state index in [-0.39, 0.29) is 11.4 Å². The van der Waals surface area contributed by atoms with Crippen LogP contribution in [0.25, 0.3) is 10.9 Å². The van der Waals surface area contributed by atoms with Crippen molar-refractivity contribution >= 4 is 23.0 Å². The molecule has 3 heterocycles. The van der Waals surface area contributed by atoms with Crippen LogP contribution in [0.2, 0.25) is 0 Å². The highest BCUT2D eigenvalue weighted by molar-refractivity contribution is 6.03. The minimum Gasteiger partial charge on any atom is -0.506 e. The molecule has 3 aromatic rings. The Kier molecular flexibility index (Phi) is 4.38. The molecule has 7 nitrogen and oxygen atoms in total. The molecule has 1 atom stereocenters. The minimum absolute atomic E-state index is 0.141. The molecule has 0 spiro atoms. The molecule has 2 N–H and O–H groups in total. The summed E-state index contributed by atoms with van der Waals surface area (Å²) in [5, 5.41) is 14.5. The fourth-order valence-electron chi connectivity index (χ4n) is 3.56. The number of halogens is 1. The average Bonchev–Trinajstić information content (AvgIpc) is 2.67. The lowest BCUT2D eigenvalue weighted by atomic mass is 9.95. The molecule has 1 unspecified atom stereocenters. The molecule has 2 aromatic heterocycles. The van der Waals surface area contributed by atoms with Crippen molar-refractivity contribution in [1.29, 1.82) is 0 Å². The van der Waals surface area contributed by atoms with E-state index in [0.717, 1.165) is 6.07 Å². The Labute approximate surface area is 159 Å². The van der Waals surface area contributed by atoms with Gasteiger partial charge in [-0.3, -0.25) is 14.6 Å². The van der Waals surface area contributed by atoms with Crippen molar-refractivity contribution < 1.29 is 14.3 Å². The third-order valence-electron chi connectivity index (χ3n) is 4.88. The molecular weight excluding hydrogens is 363 g/mol. The Hall–Kier alpha value is -3.55. The summed E-state index contributed by atoms with van der Waals surface area (Å²) in [5.41, 5.74) is 2.92. The van der Waals surface area contributed by atoms with E-state index < -0.39 is 28.6 Å². The van der Waals surface area contributed by atoms with Crippen LogP contribution in [0.15, 0.2) is 46.6 Å². The summed E-state index contributed by atoms with van der Waals surface area (Å²) >= 11 is 0. The van der Waals surface area contributed by atoms with Crippen LogP contribution in [-0.2, 0) is 6.42 Å². The second kappa shape index (κ2) is 6.88. The number of aromatic hydroxyl groups is 1. The topological polar surface area (TPSA) is 96.6 Å². The highest BCUT2D eigenvalue weighted by atomic mass is 19.1. The van der Waals surface area contributed by atoms with Crippen molar-refractivity contribution in [1.82, 2.24) is 15.0 Å². The van der Waals surface area contributed by atoms with Gasteiger partial charge in [-0.15, -0.1) is 0 Å². The standard InChI is InChI=1S/C20H17FN4O3/c1-11-4-5-13-7-14(21)8-15-17(13)25(11)20(28)16(18(15)26)19(27)24-23-10-12-3-2-6-22-9-12/h2-3,6-11,26H,4-5H2,1H3,(H,24,27). The number of hydrazone groups is 1. The van der Waals surface area contributed by atoms with Gasteiger partial charge in [0.1, 0.15) is 17.1 Å². The Balaban J connectivity index is 1.80. The van der Waals surface area contributed by atoms with Gasteiger partial charge in [0.15, 0.2) is 0 Å². The summed E-state index contributed by atoms with van der Waals surface area (Å²) in [4.78, 5) is 29.5. The molecule has 0 saturated heterocycles. The number of benzene rings is 1. The molecule has 4 rings (SSSR count). The van der Waals surface area contributed by atoms with E-state index in [1.165, 1.54) is 16.8 Å². The summed E-state index contributed by atoms with van der Waals surface area (Å²) in [7, 11) is 0. The van der Waals surface area contributed by atoms with E-state index in [4.69, 9.17) is 0 Å². The third kappa shape index (κ3) is 2.92. The molecule has 0 bridgehead atoms. The maximum atomic E-state index is 14.0. The Bertz CT molecular complexity index is 1170. The second-order valence-electron chi connectivity index (χ2n) is 6.73. The number of carbonyl (C=O) groups is 1. The monoisotopic (exact) mass is 380 g/mol. The van der Waals surface area contributed by atoms with E-state index >= 15 is 0 Å². The van der Waals surface area contributed by atoms with Gasteiger partial charge in [-0.1, -0.05) is 6.07 Å². The zero-order valence-corrected chi connectivity index (χ0v) is 15.0. The van der Waals surface area contributed by atoms with Crippen molar-refractivity contribution in [3.8, 4) is 5.75 Å². The van der Waals surface area contributed by atoms with Crippen molar-refractivity contribution in [2.75, 3.05) is 0 Å². The summed E-state index contributed by atoms with van der Waals surface area (Å²) < 4.78 is 15.5. The Morgan fingerprint density at radius 2 is 2.29 bits per heavy atom. The van der Waals surface area contributed by atoms with E-state index in [9.17, 15) is 19.1 Å². The minimum atomic E-state index is -0.864. The molecular formula is C20H17FN4O3. The number of nitrogens with one attached hydrogen (secondary N) is 1. The molecule has 1 aliphatic rings. The predicted octanol–water partition coefficient (Wildman–Crippen LogP) is 2.51. The van der Waals surface area contributed by atoms with E-state index in [1.807, 2.05) is 6.92 Å². The average molecular weight is 380 g/mol. The van der Waals surface area contributed by atoms with Gasteiger partial charge in [-0.25, -0.2) is 9.82 Å². The lowest BCUT2D eigenvalue weighted by Crippen LogP contribution is -2.34. The number of aromatic nitrogens is 2. The number of hydrogen-bond acceptors (Lipinski definition) is 5. The van der Waals surface area contributed by atoms with E-state index in [2.05, 4.69) is 15.5 Å². The number of amides is 1. The maximum absolute atomic E-state index is 14.0. The molecule has 0 radical (unpaired) electrons. The number of rotatable bonds is 3. The van der Waals surface area contributed by atoms with Crippen LogP contribution in [0.3, 0.4) is 0 Å². The zero-order valence-electron chi connectivity index (χ0n) is 15.0. The summed E-state index contributed by atoms with van der Waals surface area (Å²) in [5.74, 6) is -1.93. The predicted molar refractivity (Wildman–Crippen MR) is 102 cm³/mol. The number of hydrogen-bond donors (Lipinski definition) is 2. The summed E-state index contributed by atoms with van der Waals surface area (Å²) in [6.45, 7) is 1.85. The van der Waals surface area contributed by atoms with Gasteiger partial charge in [0.2, 0.25) is 0 Å². The summed E-state index contributed by atoms with van der Waals surface area (Å²) in [6, 6.07) is 5.77. The molecule has 1 aliphatic heterocycles. The van der Waals surface area contributed by atoms with Crippen molar-refractivity contribution in [3.05, 3.63) is 69.5 Å². The lowest BCUT2D eigenvalue weighted by Gasteiger charge is -2.26. The normalized spacial score (nSPS) is 15.9. The molecule has 28 heavy (non-hydrogen) atoms. The molecule has 0 aliphatic carbocycles. The van der Waals surface area contributed by atoms with E-state index in [1.54, 1.807) is 24.5 Å². The van der Waals surface area contributed by atoms with Gasteiger partial charge in [0, 0.05) is 29.4 Å². The van der Waals surface area contributed by atoms with Crippen molar-refractivity contribution in [2.24, 2.45) is 5.10 Å². The van der Waals surface area contributed by atoms with Crippen LogP contribution in [0.1, 0.15) is 40.9 Å². The fraction of sp³-hybridized carbons (Fsp3) is 0.200. The first kappa shape index (κ1) is 17.8. The SMILES string of the molecule is CC1CCc2cc(F)cc3c(O)c(C(=O)NN=Cc4cccnc4)c(=O)n1c23. The lowest BCUT2D eigenvalue weighted by molar-refractivity contribution is 0.0950. The van der Waals surface area contributed by atoms with Crippen LogP contribution in [0, 0.1) is 5.82 Å². The van der Waals surface area contributed by atoms with Crippen LogP contribution >= 0.6 is 0 Å². The van der Waals surface area contributed by atoms with E-state index in [0.29, 0.717) is 29.5 Å². The highest BCUT2D eigenvalue weighted by Crippen LogP contribution is 2.35. The van der Waals surface area contributed by atoms with Crippen LogP contribution < -0.4 is 11.0 Å². The van der Waals surface area contributed by atoms with Crippen molar-refractivity contribution in [2.45, 2.75) is 25.8 Å². The molecule has 8 heteroatoms. The van der Waals surface area contributed by atoms with Crippen LogP contribution in [-0.4, -0.2) is 26.8 Å². The van der Waals surface area contributed by atoms with Gasteiger partial charge >= 0.3 is 0 Å². The Morgan fingerprint density at radius 3 is 3.04 bits per heavy atom. The first-order valence-electron chi connectivity index (χ1n) is 8.80. The van der Waals surface area contributed by atoms with Crippen LogP contribution in [0.4, 0.5) is 4.39 Å². The van der Waals surface area contributed by atoms with Crippen molar-refractivity contribution in [3.63, 3.8) is 0 Å². The smallest absolute Gasteiger partial charge is 0.280 e. The first-order valence-corrected chi connectivity index (χ1v) is 8.80. The van der Waals surface area contributed by atoms with Gasteiger partial charge in [-0.2, -0.15) is 5.10 Å². The fourth-order valence-corrected chi connectivity index (χ4v) is 3.56. The highest BCUT2D eigenvalue weighted by Gasteiger charge is 2.28. The number of pyridine rings is 2. The largest absolute Gasteiger partial charge is 0.506 e. The zero-order chi connectivity index (χ0) is 19.8. The maximum Gasteiger partial charge on any atom is 0.280 e. The molecule has 1 aromatic carbocycles. The number of aryl methyl sites for hydroxylation is 1. The van der Waals surface area contributed by atoms with Crippen LogP contribution in [0.5, 0.6) is 5.75 Å². The van der Waals surface area contributed by atoms with Gasteiger partial charge in [-0.05, 0) is 43.5 Å². The van der Waals surface area contributed by atoms with Gasteiger partial charge < -0.3 is 9.67 Å². The number of carbonyl (C=O) groups excluding carboxylic acids is 1. The Morgan fingerprint density at radius 1 is 1.46 bits per heavy atom. The quantitative estimate of drug-likeness (QED) is 0.539. The second-order valence-corrected chi connectivity index (χ2v) is 6.73. The molecule has 0 fully saturated rings. The third-order valence-corrected chi connectivity index (χ3v) is 4.88.